The molecule has 0 radical (unpaired) electrons. The molecule has 0 aliphatic carbocycles. The van der Waals surface area contributed by atoms with Gasteiger partial charge in [-0.3, -0.25) is 0 Å². The van der Waals surface area contributed by atoms with Crippen LogP contribution in [0.1, 0.15) is 15.9 Å². The second-order valence-electron chi connectivity index (χ2n) is 4.78. The minimum absolute atomic E-state index is 0.101. The molecule has 0 fully saturated rings. The number of hydrogen-bond donors (Lipinski definition) is 1. The minimum Gasteiger partial charge on any atom is -0.488 e. The number of carbonyl (C=O) groups is 1. The van der Waals surface area contributed by atoms with Crippen molar-refractivity contribution in [1.29, 1.82) is 0 Å². The Labute approximate surface area is 130 Å². The lowest BCUT2D eigenvalue weighted by molar-refractivity contribution is 0.0688. The van der Waals surface area contributed by atoms with Gasteiger partial charge in [0.15, 0.2) is 0 Å². The quantitative estimate of drug-likeness (QED) is 0.918. The first-order chi connectivity index (χ1) is 10.1. The summed E-state index contributed by atoms with van der Waals surface area (Å²) in [6, 6.07) is 12.8. The summed E-state index contributed by atoms with van der Waals surface area (Å²) in [6.45, 7) is 0.303. The van der Waals surface area contributed by atoms with Crippen LogP contribution in [-0.4, -0.2) is 23.8 Å². The van der Waals surface area contributed by atoms with E-state index in [2.05, 4.69) is 15.9 Å². The first kappa shape index (κ1) is 13.9. The first-order valence-corrected chi connectivity index (χ1v) is 7.33. The first-order valence-electron chi connectivity index (χ1n) is 6.54. The van der Waals surface area contributed by atoms with Gasteiger partial charge < -0.3 is 14.6 Å². The van der Waals surface area contributed by atoms with E-state index in [1.54, 1.807) is 12.1 Å². The summed E-state index contributed by atoms with van der Waals surface area (Å²) >= 11 is 3.32. The van der Waals surface area contributed by atoms with Gasteiger partial charge in [0.05, 0.1) is 4.47 Å². The van der Waals surface area contributed by atoms with Crippen LogP contribution in [0.2, 0.25) is 0 Å². The lowest BCUT2D eigenvalue weighted by Gasteiger charge is -2.15. The monoisotopic (exact) mass is 348 g/mol. The molecule has 108 valence electrons. The third-order valence-electron chi connectivity index (χ3n) is 3.32. The van der Waals surface area contributed by atoms with Gasteiger partial charge in [-0.05, 0) is 39.7 Å². The highest BCUT2D eigenvalue weighted by Gasteiger charge is 2.24. The van der Waals surface area contributed by atoms with Crippen molar-refractivity contribution in [2.45, 2.75) is 12.5 Å². The summed E-state index contributed by atoms with van der Waals surface area (Å²) in [7, 11) is 0. The Kier molecular flexibility index (Phi) is 3.84. The molecule has 1 atom stereocenters. The summed E-state index contributed by atoms with van der Waals surface area (Å²) < 4.78 is 12.1. The van der Waals surface area contributed by atoms with E-state index in [-0.39, 0.29) is 11.7 Å². The Morgan fingerprint density at radius 1 is 1.29 bits per heavy atom. The van der Waals surface area contributed by atoms with Crippen molar-refractivity contribution in [1.82, 2.24) is 0 Å². The molecule has 2 aromatic rings. The van der Waals surface area contributed by atoms with Crippen LogP contribution in [-0.2, 0) is 6.42 Å². The van der Waals surface area contributed by atoms with E-state index < -0.39 is 5.97 Å². The van der Waals surface area contributed by atoms with E-state index in [1.807, 2.05) is 24.3 Å². The zero-order valence-corrected chi connectivity index (χ0v) is 12.7. The van der Waals surface area contributed by atoms with E-state index in [1.165, 1.54) is 6.07 Å². The maximum Gasteiger partial charge on any atom is 0.339 e. The molecular formula is C16H13BrO4. The molecule has 0 bridgehead atoms. The summed E-state index contributed by atoms with van der Waals surface area (Å²) in [5.74, 6) is 0.197. The van der Waals surface area contributed by atoms with Crippen LogP contribution in [0.5, 0.6) is 11.5 Å². The number of ether oxygens (including phenoxy) is 2. The molecule has 0 amide bonds. The van der Waals surface area contributed by atoms with E-state index in [9.17, 15) is 9.90 Å². The number of fused-ring (bicyclic) bond motifs is 1. The average molecular weight is 349 g/mol. The molecule has 1 N–H and O–H groups in total. The standard InChI is InChI=1S/C16H13BrO4/c17-13-6-3-5-12(16(18)19)15(13)20-9-11-8-10-4-1-2-7-14(10)21-11/h1-7,11H,8-9H2,(H,18,19). The topological polar surface area (TPSA) is 55.8 Å². The number of carboxylic acid groups (broad SMARTS) is 1. The number of hydrogen-bond acceptors (Lipinski definition) is 3. The summed E-state index contributed by atoms with van der Waals surface area (Å²) in [5.41, 5.74) is 1.29. The number of para-hydroxylation sites is 2. The van der Waals surface area contributed by atoms with E-state index in [0.29, 0.717) is 16.8 Å². The van der Waals surface area contributed by atoms with Crippen LogP contribution in [0.4, 0.5) is 0 Å². The zero-order chi connectivity index (χ0) is 14.8. The molecule has 0 spiro atoms. The maximum absolute atomic E-state index is 11.2. The molecule has 1 heterocycles. The van der Waals surface area contributed by atoms with E-state index in [0.717, 1.165) is 17.7 Å². The van der Waals surface area contributed by atoms with Gasteiger partial charge in [-0.2, -0.15) is 0 Å². The van der Waals surface area contributed by atoms with Gasteiger partial charge in [-0.1, -0.05) is 24.3 Å². The third kappa shape index (κ3) is 2.88. The Morgan fingerprint density at radius 2 is 2.10 bits per heavy atom. The third-order valence-corrected chi connectivity index (χ3v) is 3.95. The SMILES string of the molecule is O=C(O)c1cccc(Br)c1OCC1Cc2ccccc2O1. The van der Waals surface area contributed by atoms with Crippen molar-refractivity contribution in [3.05, 3.63) is 58.1 Å². The molecule has 21 heavy (non-hydrogen) atoms. The summed E-state index contributed by atoms with van der Waals surface area (Å²) in [6.07, 6.45) is 0.666. The number of carboxylic acids is 1. The van der Waals surface area contributed by atoms with Crippen molar-refractivity contribution >= 4 is 21.9 Å². The highest BCUT2D eigenvalue weighted by molar-refractivity contribution is 9.10. The van der Waals surface area contributed by atoms with Gasteiger partial charge in [-0.25, -0.2) is 4.79 Å². The smallest absolute Gasteiger partial charge is 0.339 e. The van der Waals surface area contributed by atoms with E-state index in [4.69, 9.17) is 9.47 Å². The summed E-state index contributed by atoms with van der Waals surface area (Å²) in [5, 5.41) is 9.19. The Hall–Kier alpha value is -2.01. The van der Waals surface area contributed by atoms with Gasteiger partial charge >= 0.3 is 5.97 Å². The molecule has 3 rings (SSSR count). The fourth-order valence-electron chi connectivity index (χ4n) is 2.35. The predicted octanol–water partition coefficient (Wildman–Crippen LogP) is 3.53. The predicted molar refractivity (Wildman–Crippen MR) is 81.2 cm³/mol. The molecular weight excluding hydrogens is 336 g/mol. The Balaban J connectivity index is 1.71. The molecule has 2 aromatic carbocycles. The van der Waals surface area contributed by atoms with Crippen molar-refractivity contribution in [2.24, 2.45) is 0 Å². The minimum atomic E-state index is -1.01. The van der Waals surface area contributed by atoms with Crippen molar-refractivity contribution in [3.8, 4) is 11.5 Å². The van der Waals surface area contributed by atoms with Crippen LogP contribution < -0.4 is 9.47 Å². The molecule has 0 aromatic heterocycles. The normalized spacial score (nSPS) is 16.1. The van der Waals surface area contributed by atoms with Crippen LogP contribution >= 0.6 is 15.9 Å². The van der Waals surface area contributed by atoms with Crippen molar-refractivity contribution in [2.75, 3.05) is 6.61 Å². The Bertz CT molecular complexity index is 659. The van der Waals surface area contributed by atoms with Crippen LogP contribution in [0, 0.1) is 0 Å². The highest BCUT2D eigenvalue weighted by Crippen LogP contribution is 2.32. The van der Waals surface area contributed by atoms with Gasteiger partial charge in [0.25, 0.3) is 0 Å². The molecule has 0 saturated heterocycles. The molecule has 1 unspecified atom stereocenters. The molecule has 4 nitrogen and oxygen atoms in total. The van der Waals surface area contributed by atoms with Crippen molar-refractivity contribution in [3.63, 3.8) is 0 Å². The fourth-order valence-corrected chi connectivity index (χ4v) is 2.83. The second kappa shape index (κ2) is 5.77. The van der Waals surface area contributed by atoms with Crippen LogP contribution in [0.3, 0.4) is 0 Å². The number of rotatable bonds is 4. The Morgan fingerprint density at radius 3 is 2.86 bits per heavy atom. The molecule has 5 heteroatoms. The lowest BCUT2D eigenvalue weighted by atomic mass is 10.1. The van der Waals surface area contributed by atoms with Crippen LogP contribution in [0.25, 0.3) is 0 Å². The largest absolute Gasteiger partial charge is 0.488 e. The molecule has 0 saturated carbocycles. The van der Waals surface area contributed by atoms with Gasteiger partial charge in [-0.15, -0.1) is 0 Å². The van der Waals surface area contributed by atoms with Crippen molar-refractivity contribution < 1.29 is 19.4 Å². The second-order valence-corrected chi connectivity index (χ2v) is 5.64. The fraction of sp³-hybridized carbons (Fsp3) is 0.188. The highest BCUT2D eigenvalue weighted by atomic mass is 79.9. The molecule has 1 aliphatic rings. The van der Waals surface area contributed by atoms with Gasteiger partial charge in [0, 0.05) is 6.42 Å². The lowest BCUT2D eigenvalue weighted by Crippen LogP contribution is -2.23. The van der Waals surface area contributed by atoms with E-state index >= 15 is 0 Å². The number of halogens is 1. The van der Waals surface area contributed by atoms with Gasteiger partial charge in [0.1, 0.15) is 29.8 Å². The maximum atomic E-state index is 11.2. The van der Waals surface area contributed by atoms with Gasteiger partial charge in [0.2, 0.25) is 0 Å². The summed E-state index contributed by atoms with van der Waals surface area (Å²) in [4.78, 5) is 11.2. The number of benzene rings is 2. The van der Waals surface area contributed by atoms with Crippen LogP contribution in [0.15, 0.2) is 46.9 Å². The number of aromatic carboxylic acids is 1. The molecule has 1 aliphatic heterocycles. The zero-order valence-electron chi connectivity index (χ0n) is 11.1. The average Bonchev–Trinajstić information content (AvgIpc) is 2.88.